The van der Waals surface area contributed by atoms with Gasteiger partial charge in [-0.3, -0.25) is 4.79 Å². The molecule has 0 unspecified atom stereocenters. The number of nitrogens with one attached hydrogen (secondary N) is 3. The van der Waals surface area contributed by atoms with Crippen molar-refractivity contribution < 1.29 is 22.8 Å². The van der Waals surface area contributed by atoms with Gasteiger partial charge >= 0.3 is 12.2 Å². The monoisotopic (exact) mass is 365 g/mol. The summed E-state index contributed by atoms with van der Waals surface area (Å²) in [5, 5.41) is 7.80. The Balaban J connectivity index is 2.03. The zero-order valence-corrected chi connectivity index (χ0v) is 14.1. The van der Waals surface area contributed by atoms with E-state index in [-0.39, 0.29) is 17.6 Å². The normalized spacial score (nSPS) is 11.2. The molecule has 2 rings (SSSR count). The van der Waals surface area contributed by atoms with Gasteiger partial charge in [0.1, 0.15) is 0 Å². The zero-order chi connectivity index (χ0) is 19.3. The molecule has 8 heteroatoms. The van der Waals surface area contributed by atoms with Crippen LogP contribution < -0.4 is 16.0 Å². The van der Waals surface area contributed by atoms with Crippen molar-refractivity contribution in [3.63, 3.8) is 0 Å². The maximum absolute atomic E-state index is 12.7. The van der Waals surface area contributed by atoms with Crippen molar-refractivity contribution in [2.24, 2.45) is 0 Å². The first-order chi connectivity index (χ1) is 12.1. The predicted octanol–water partition coefficient (Wildman–Crippen LogP) is 4.49. The van der Waals surface area contributed by atoms with Crippen molar-refractivity contribution in [3.8, 4) is 0 Å². The number of amides is 3. The van der Waals surface area contributed by atoms with Crippen LogP contribution in [0.3, 0.4) is 0 Å². The third kappa shape index (κ3) is 5.51. The fraction of sp³-hybridized carbons (Fsp3) is 0.222. The number of anilines is 2. The lowest BCUT2D eigenvalue weighted by molar-refractivity contribution is -0.137. The van der Waals surface area contributed by atoms with Crippen LogP contribution in [0.4, 0.5) is 29.3 Å². The van der Waals surface area contributed by atoms with Gasteiger partial charge in [0.25, 0.3) is 5.91 Å². The average Bonchev–Trinajstić information content (AvgIpc) is 2.55. The van der Waals surface area contributed by atoms with E-state index < -0.39 is 17.6 Å². The Morgan fingerprint density at radius 2 is 1.50 bits per heavy atom. The molecule has 2 aromatic carbocycles. The average molecular weight is 365 g/mol. The third-order valence-electron chi connectivity index (χ3n) is 3.27. The van der Waals surface area contributed by atoms with Crippen LogP contribution in [0.2, 0.25) is 0 Å². The van der Waals surface area contributed by atoms with Crippen molar-refractivity contribution in [2.75, 3.05) is 10.6 Å². The molecule has 0 saturated carbocycles. The standard InChI is InChI=1S/C18H18F3N3O2/c1-11(2)22-17(26)24-15-8-6-14(7-9-15)23-16(25)12-4-3-5-13(10-12)18(19,20)21/h3-11H,1-2H3,(H,23,25)(H2,22,24,26). The van der Waals surface area contributed by atoms with Crippen molar-refractivity contribution in [3.05, 3.63) is 59.7 Å². The highest BCUT2D eigenvalue weighted by molar-refractivity contribution is 6.04. The summed E-state index contributed by atoms with van der Waals surface area (Å²) in [6.07, 6.45) is -4.51. The van der Waals surface area contributed by atoms with Gasteiger partial charge in [0.15, 0.2) is 0 Å². The second-order valence-corrected chi connectivity index (χ2v) is 5.86. The fourth-order valence-electron chi connectivity index (χ4n) is 2.11. The second-order valence-electron chi connectivity index (χ2n) is 5.86. The minimum atomic E-state index is -4.51. The third-order valence-corrected chi connectivity index (χ3v) is 3.27. The van der Waals surface area contributed by atoms with Gasteiger partial charge in [0.05, 0.1) is 5.56 Å². The predicted molar refractivity (Wildman–Crippen MR) is 93.1 cm³/mol. The van der Waals surface area contributed by atoms with E-state index in [0.29, 0.717) is 11.4 Å². The minimum Gasteiger partial charge on any atom is -0.336 e. The molecule has 0 radical (unpaired) electrons. The van der Waals surface area contributed by atoms with E-state index in [1.165, 1.54) is 24.3 Å². The highest BCUT2D eigenvalue weighted by Gasteiger charge is 2.30. The molecule has 0 bridgehead atoms. The molecule has 2 aromatic rings. The molecule has 0 fully saturated rings. The molecule has 5 nitrogen and oxygen atoms in total. The first kappa shape index (κ1) is 19.3. The lowest BCUT2D eigenvalue weighted by Crippen LogP contribution is -2.34. The Labute approximate surface area is 148 Å². The molecule has 0 saturated heterocycles. The lowest BCUT2D eigenvalue weighted by atomic mass is 10.1. The van der Waals surface area contributed by atoms with E-state index in [4.69, 9.17) is 0 Å². The van der Waals surface area contributed by atoms with Gasteiger partial charge in [-0.2, -0.15) is 13.2 Å². The molecule has 0 spiro atoms. The number of alkyl halides is 3. The summed E-state index contributed by atoms with van der Waals surface area (Å²) in [5.41, 5.74) is -0.0818. The molecule has 0 aliphatic rings. The topological polar surface area (TPSA) is 70.2 Å². The number of halogens is 3. The molecule has 0 aromatic heterocycles. The van der Waals surface area contributed by atoms with Crippen LogP contribution in [-0.4, -0.2) is 18.0 Å². The van der Waals surface area contributed by atoms with E-state index in [1.54, 1.807) is 12.1 Å². The summed E-state index contributed by atoms with van der Waals surface area (Å²) < 4.78 is 38.1. The number of carbonyl (C=O) groups is 2. The lowest BCUT2D eigenvalue weighted by Gasteiger charge is -2.11. The number of hydrogen-bond acceptors (Lipinski definition) is 2. The van der Waals surface area contributed by atoms with Crippen LogP contribution in [-0.2, 0) is 6.18 Å². The summed E-state index contributed by atoms with van der Waals surface area (Å²) in [4.78, 5) is 23.7. The van der Waals surface area contributed by atoms with Crippen molar-refractivity contribution >= 4 is 23.3 Å². The van der Waals surface area contributed by atoms with Gasteiger partial charge in [0.2, 0.25) is 0 Å². The van der Waals surface area contributed by atoms with Crippen LogP contribution in [0, 0.1) is 0 Å². The van der Waals surface area contributed by atoms with E-state index in [1.807, 2.05) is 13.8 Å². The minimum absolute atomic E-state index is 0.0129. The van der Waals surface area contributed by atoms with Crippen LogP contribution in [0.5, 0.6) is 0 Å². The summed E-state index contributed by atoms with van der Waals surface area (Å²) >= 11 is 0. The molecule has 3 amide bonds. The molecule has 138 valence electrons. The van der Waals surface area contributed by atoms with Gasteiger partial charge in [0, 0.05) is 23.0 Å². The molecule has 26 heavy (non-hydrogen) atoms. The number of rotatable bonds is 4. The Morgan fingerprint density at radius 1 is 0.923 bits per heavy atom. The summed E-state index contributed by atoms with van der Waals surface area (Å²) in [5.74, 6) is -0.658. The maximum Gasteiger partial charge on any atom is 0.416 e. The number of urea groups is 1. The van der Waals surface area contributed by atoms with Gasteiger partial charge < -0.3 is 16.0 Å². The van der Waals surface area contributed by atoms with Gasteiger partial charge in [-0.25, -0.2) is 4.79 Å². The van der Waals surface area contributed by atoms with Crippen molar-refractivity contribution in [2.45, 2.75) is 26.1 Å². The van der Waals surface area contributed by atoms with Gasteiger partial charge in [-0.05, 0) is 56.3 Å². The highest BCUT2D eigenvalue weighted by atomic mass is 19.4. The quantitative estimate of drug-likeness (QED) is 0.747. The second kappa shape index (κ2) is 7.90. The maximum atomic E-state index is 12.7. The molecule has 0 aliphatic heterocycles. The SMILES string of the molecule is CC(C)NC(=O)Nc1ccc(NC(=O)c2cccc(C(F)(F)F)c2)cc1. The molecule has 0 atom stereocenters. The number of hydrogen-bond donors (Lipinski definition) is 3. The fourth-order valence-corrected chi connectivity index (χ4v) is 2.11. The Hall–Kier alpha value is -3.03. The smallest absolute Gasteiger partial charge is 0.336 e. The molecule has 0 heterocycles. The Kier molecular flexibility index (Phi) is 5.86. The van der Waals surface area contributed by atoms with Crippen molar-refractivity contribution in [1.29, 1.82) is 0 Å². The Bertz CT molecular complexity index is 787. The van der Waals surface area contributed by atoms with Crippen molar-refractivity contribution in [1.82, 2.24) is 5.32 Å². The molecular weight excluding hydrogens is 347 g/mol. The molecular formula is C18H18F3N3O2. The van der Waals surface area contributed by atoms with Gasteiger partial charge in [-0.15, -0.1) is 0 Å². The Morgan fingerprint density at radius 3 is 2.04 bits per heavy atom. The number of carbonyl (C=O) groups excluding carboxylic acids is 2. The van der Waals surface area contributed by atoms with E-state index in [9.17, 15) is 22.8 Å². The summed E-state index contributed by atoms with van der Waals surface area (Å²) in [6.45, 7) is 3.65. The van der Waals surface area contributed by atoms with Crippen LogP contribution in [0.15, 0.2) is 48.5 Å². The van der Waals surface area contributed by atoms with Crippen LogP contribution >= 0.6 is 0 Å². The molecule has 0 aliphatic carbocycles. The summed E-state index contributed by atoms with van der Waals surface area (Å²) in [7, 11) is 0. The van der Waals surface area contributed by atoms with E-state index in [2.05, 4.69) is 16.0 Å². The first-order valence-electron chi connectivity index (χ1n) is 7.81. The summed E-state index contributed by atoms with van der Waals surface area (Å²) in [6, 6.07) is 10.0. The highest BCUT2D eigenvalue weighted by Crippen LogP contribution is 2.29. The van der Waals surface area contributed by atoms with Crippen LogP contribution in [0.25, 0.3) is 0 Å². The van der Waals surface area contributed by atoms with E-state index >= 15 is 0 Å². The largest absolute Gasteiger partial charge is 0.416 e. The van der Waals surface area contributed by atoms with Gasteiger partial charge in [-0.1, -0.05) is 6.07 Å². The zero-order valence-electron chi connectivity index (χ0n) is 14.1. The van der Waals surface area contributed by atoms with E-state index in [0.717, 1.165) is 12.1 Å². The van der Waals surface area contributed by atoms with Crippen LogP contribution in [0.1, 0.15) is 29.8 Å². The number of benzene rings is 2. The molecule has 3 N–H and O–H groups in total. The first-order valence-corrected chi connectivity index (χ1v) is 7.81.